The molecule has 0 spiro atoms. The number of rotatable bonds is 5. The van der Waals surface area contributed by atoms with E-state index < -0.39 is 0 Å². The lowest BCUT2D eigenvalue weighted by atomic mass is 10.0. The van der Waals surface area contributed by atoms with Crippen molar-refractivity contribution in [2.24, 2.45) is 0 Å². The zero-order valence-electron chi connectivity index (χ0n) is 12.3. The maximum atomic E-state index is 4.38. The Balaban J connectivity index is 2.32. The van der Waals surface area contributed by atoms with E-state index in [-0.39, 0.29) is 6.04 Å². The summed E-state index contributed by atoms with van der Waals surface area (Å²) in [5.74, 6) is 0.700. The van der Waals surface area contributed by atoms with E-state index in [1.54, 1.807) is 4.80 Å². The number of aryl methyl sites for hydroxylation is 2. The predicted molar refractivity (Wildman–Crippen MR) is 82.7 cm³/mol. The van der Waals surface area contributed by atoms with Gasteiger partial charge < -0.3 is 4.90 Å². The molecule has 0 aliphatic heterocycles. The Morgan fingerprint density at radius 1 is 1.30 bits per heavy atom. The van der Waals surface area contributed by atoms with E-state index >= 15 is 0 Å². The molecule has 1 aromatic carbocycles. The molecule has 108 valence electrons. The van der Waals surface area contributed by atoms with Gasteiger partial charge in [-0.3, -0.25) is 0 Å². The van der Waals surface area contributed by atoms with Gasteiger partial charge in [-0.2, -0.15) is 4.80 Å². The fraction of sp³-hybridized carbons (Fsp3) is 0.500. The van der Waals surface area contributed by atoms with Crippen LogP contribution < -0.4 is 0 Å². The summed E-state index contributed by atoms with van der Waals surface area (Å²) in [7, 11) is 4.14. The number of tetrazole rings is 1. The molecule has 0 aliphatic rings. The highest BCUT2D eigenvalue weighted by atomic mass is 79.9. The van der Waals surface area contributed by atoms with Gasteiger partial charge in [0.2, 0.25) is 0 Å². The van der Waals surface area contributed by atoms with E-state index in [4.69, 9.17) is 0 Å². The van der Waals surface area contributed by atoms with Crippen LogP contribution in [0, 0.1) is 13.8 Å². The van der Waals surface area contributed by atoms with E-state index in [2.05, 4.69) is 75.5 Å². The van der Waals surface area contributed by atoms with Crippen molar-refractivity contribution in [1.29, 1.82) is 0 Å². The van der Waals surface area contributed by atoms with Gasteiger partial charge in [-0.1, -0.05) is 28.1 Å². The van der Waals surface area contributed by atoms with Crippen molar-refractivity contribution in [3.8, 4) is 0 Å². The lowest BCUT2D eigenvalue weighted by Crippen LogP contribution is -2.21. The third-order valence-corrected chi connectivity index (χ3v) is 4.09. The van der Waals surface area contributed by atoms with Crippen LogP contribution in [0.1, 0.15) is 29.4 Å². The lowest BCUT2D eigenvalue weighted by molar-refractivity contribution is 0.339. The minimum Gasteiger partial charge on any atom is -0.309 e. The second-order valence-corrected chi connectivity index (χ2v) is 6.13. The maximum absolute atomic E-state index is 4.38. The van der Waals surface area contributed by atoms with Gasteiger partial charge in [0, 0.05) is 4.47 Å². The summed E-state index contributed by atoms with van der Waals surface area (Å²) in [5.41, 5.74) is 2.42. The van der Waals surface area contributed by atoms with Gasteiger partial charge in [-0.05, 0) is 63.3 Å². The van der Waals surface area contributed by atoms with Crippen LogP contribution in [0.15, 0.2) is 22.7 Å². The van der Waals surface area contributed by atoms with Crippen LogP contribution in [-0.2, 0) is 0 Å². The highest BCUT2D eigenvalue weighted by Crippen LogP contribution is 2.25. The molecule has 0 bridgehead atoms. The Kier molecular flexibility index (Phi) is 4.88. The van der Waals surface area contributed by atoms with Crippen LogP contribution in [-0.4, -0.2) is 45.7 Å². The number of nitrogens with zero attached hydrogens (tertiary/aromatic N) is 5. The molecule has 2 rings (SSSR count). The molecule has 1 unspecified atom stereocenters. The summed E-state index contributed by atoms with van der Waals surface area (Å²) in [6.45, 7) is 4.91. The van der Waals surface area contributed by atoms with Crippen LogP contribution in [0.3, 0.4) is 0 Å². The van der Waals surface area contributed by atoms with Crippen LogP contribution in [0.2, 0.25) is 0 Å². The first kappa shape index (κ1) is 15.1. The average Bonchev–Trinajstić information content (AvgIpc) is 2.80. The lowest BCUT2D eigenvalue weighted by Gasteiger charge is -2.19. The van der Waals surface area contributed by atoms with Crippen molar-refractivity contribution >= 4 is 15.9 Å². The van der Waals surface area contributed by atoms with Crippen LogP contribution >= 0.6 is 15.9 Å². The molecule has 1 aromatic heterocycles. The number of halogens is 1. The molecule has 0 N–H and O–H groups in total. The van der Waals surface area contributed by atoms with E-state index in [0.29, 0.717) is 5.82 Å². The van der Waals surface area contributed by atoms with E-state index in [9.17, 15) is 0 Å². The molecule has 5 nitrogen and oxygen atoms in total. The second kappa shape index (κ2) is 6.45. The summed E-state index contributed by atoms with van der Waals surface area (Å²) in [6, 6.07) is 6.51. The quantitative estimate of drug-likeness (QED) is 0.841. The van der Waals surface area contributed by atoms with Crippen molar-refractivity contribution < 1.29 is 0 Å². The number of hydrogen-bond donors (Lipinski definition) is 0. The summed E-state index contributed by atoms with van der Waals surface area (Å²) in [5, 5.41) is 12.5. The van der Waals surface area contributed by atoms with Gasteiger partial charge in [0.25, 0.3) is 0 Å². The molecular formula is C14H20BrN5. The molecule has 6 heteroatoms. The van der Waals surface area contributed by atoms with Crippen LogP contribution in [0.25, 0.3) is 0 Å². The Hall–Kier alpha value is -1.27. The van der Waals surface area contributed by atoms with Gasteiger partial charge >= 0.3 is 0 Å². The van der Waals surface area contributed by atoms with Crippen molar-refractivity contribution in [1.82, 2.24) is 25.1 Å². The van der Waals surface area contributed by atoms with Crippen molar-refractivity contribution in [2.75, 3.05) is 20.6 Å². The highest BCUT2D eigenvalue weighted by Gasteiger charge is 2.17. The molecule has 1 atom stereocenters. The molecule has 0 amide bonds. The van der Waals surface area contributed by atoms with Crippen molar-refractivity contribution in [3.05, 3.63) is 39.6 Å². The van der Waals surface area contributed by atoms with Gasteiger partial charge in [0.15, 0.2) is 5.82 Å². The maximum Gasteiger partial charge on any atom is 0.171 e. The van der Waals surface area contributed by atoms with E-state index in [0.717, 1.165) is 17.4 Å². The molecule has 0 fully saturated rings. The standard InChI is InChI=1S/C14H20BrN5/c1-10-5-6-12(9-13(10)15)14(7-8-19(3)4)20-17-11(2)16-18-20/h5-6,9,14H,7-8H2,1-4H3. The summed E-state index contributed by atoms with van der Waals surface area (Å²) in [4.78, 5) is 3.88. The molecule has 0 radical (unpaired) electrons. The van der Waals surface area contributed by atoms with E-state index in [1.165, 1.54) is 11.1 Å². The summed E-state index contributed by atoms with van der Waals surface area (Å²) < 4.78 is 1.11. The van der Waals surface area contributed by atoms with Crippen molar-refractivity contribution in [3.63, 3.8) is 0 Å². The first-order valence-corrected chi connectivity index (χ1v) is 7.43. The van der Waals surface area contributed by atoms with Gasteiger partial charge in [0.1, 0.15) is 0 Å². The Morgan fingerprint density at radius 3 is 2.60 bits per heavy atom. The molecule has 0 aliphatic carbocycles. The first-order valence-electron chi connectivity index (χ1n) is 6.64. The van der Waals surface area contributed by atoms with Crippen molar-refractivity contribution in [2.45, 2.75) is 26.3 Å². The Bertz CT molecular complexity index is 579. The smallest absolute Gasteiger partial charge is 0.171 e. The third-order valence-electron chi connectivity index (χ3n) is 3.24. The highest BCUT2D eigenvalue weighted by molar-refractivity contribution is 9.10. The molecule has 0 saturated heterocycles. The molecule has 0 saturated carbocycles. The van der Waals surface area contributed by atoms with Gasteiger partial charge in [-0.15, -0.1) is 10.2 Å². The number of hydrogen-bond acceptors (Lipinski definition) is 4. The zero-order valence-corrected chi connectivity index (χ0v) is 13.9. The monoisotopic (exact) mass is 337 g/mol. The summed E-state index contributed by atoms with van der Waals surface area (Å²) >= 11 is 3.60. The zero-order chi connectivity index (χ0) is 14.7. The van der Waals surface area contributed by atoms with Crippen LogP contribution in [0.4, 0.5) is 0 Å². The second-order valence-electron chi connectivity index (χ2n) is 5.27. The number of aromatic nitrogens is 4. The fourth-order valence-electron chi connectivity index (χ4n) is 2.04. The number of benzene rings is 1. The topological polar surface area (TPSA) is 46.8 Å². The Morgan fingerprint density at radius 2 is 2.05 bits per heavy atom. The SMILES string of the molecule is Cc1nnn(C(CCN(C)C)c2ccc(C)c(Br)c2)n1. The average molecular weight is 338 g/mol. The fourth-order valence-corrected chi connectivity index (χ4v) is 2.44. The van der Waals surface area contributed by atoms with E-state index in [1.807, 2.05) is 6.92 Å². The molecule has 2 aromatic rings. The normalized spacial score (nSPS) is 12.9. The van der Waals surface area contributed by atoms with Crippen LogP contribution in [0.5, 0.6) is 0 Å². The van der Waals surface area contributed by atoms with Gasteiger partial charge in [0.05, 0.1) is 6.04 Å². The molecule has 20 heavy (non-hydrogen) atoms. The Labute approximate surface area is 128 Å². The minimum atomic E-state index is 0.107. The molecule has 1 heterocycles. The summed E-state index contributed by atoms with van der Waals surface area (Å²) in [6.07, 6.45) is 0.943. The largest absolute Gasteiger partial charge is 0.309 e. The predicted octanol–water partition coefficient (Wildman–Crippen LogP) is 2.59. The molecular weight excluding hydrogens is 318 g/mol. The third kappa shape index (κ3) is 3.64. The first-order chi connectivity index (χ1) is 9.47. The minimum absolute atomic E-state index is 0.107. The van der Waals surface area contributed by atoms with Gasteiger partial charge in [-0.25, -0.2) is 0 Å².